The number of carbonyl (C=O) groups excluding carboxylic acids is 1. The number of unbranched alkanes of at least 4 members (excludes halogenated alkanes) is 37. The van der Waals surface area contributed by atoms with Gasteiger partial charge < -0.3 is 39.9 Å². The van der Waals surface area contributed by atoms with Crippen molar-refractivity contribution in [1.82, 2.24) is 0 Å². The lowest BCUT2D eigenvalue weighted by atomic mass is 9.85. The van der Waals surface area contributed by atoms with Crippen LogP contribution in [-0.4, -0.2) is 98.9 Å². The molecule has 6 N–H and O–H groups in total. The maximum absolute atomic E-state index is 12.9. The Hall–Kier alpha value is -0.920. The van der Waals surface area contributed by atoms with Crippen LogP contribution in [0.25, 0.3) is 0 Å². The fourth-order valence-electron chi connectivity index (χ4n) is 9.30. The van der Waals surface area contributed by atoms with E-state index in [4.69, 9.17) is 18.5 Å². The van der Waals surface area contributed by atoms with E-state index >= 15 is 0 Å². The molecule has 0 spiro atoms. The predicted octanol–water partition coefficient (Wildman–Crippen LogP) is 13.8. The summed E-state index contributed by atoms with van der Waals surface area (Å²) >= 11 is 0. The number of phosphoric ester groups is 1. The number of aliphatic hydroxyl groups excluding tert-OH is 5. The van der Waals surface area contributed by atoms with Gasteiger partial charge in [-0.15, -0.1) is 0 Å². The van der Waals surface area contributed by atoms with Gasteiger partial charge in [-0.25, -0.2) is 4.57 Å². The van der Waals surface area contributed by atoms with E-state index in [9.17, 15) is 39.8 Å². The Bertz CT molecular complexity index is 1190. The molecule has 0 heterocycles. The van der Waals surface area contributed by atoms with Crippen molar-refractivity contribution in [3.05, 3.63) is 12.2 Å². The van der Waals surface area contributed by atoms with Gasteiger partial charge in [-0.2, -0.15) is 0 Å². The van der Waals surface area contributed by atoms with Gasteiger partial charge in [0.15, 0.2) is 0 Å². The van der Waals surface area contributed by atoms with Crippen LogP contribution < -0.4 is 0 Å². The molecule has 0 aliphatic heterocycles. The number of phosphoric acid groups is 1. The van der Waals surface area contributed by atoms with Gasteiger partial charge in [0.05, 0.1) is 13.2 Å². The first-order valence-corrected chi connectivity index (χ1v) is 30.5. The minimum atomic E-state index is -5.02. The smallest absolute Gasteiger partial charge is 0.457 e. The minimum absolute atomic E-state index is 0.0706. The fraction of sp³-hybridized carbons (Fsp3) is 0.946. The molecule has 410 valence electrons. The third-order valence-corrected chi connectivity index (χ3v) is 14.9. The van der Waals surface area contributed by atoms with E-state index in [0.29, 0.717) is 13.0 Å². The predicted molar refractivity (Wildman–Crippen MR) is 281 cm³/mol. The molecule has 6 atom stereocenters. The number of ether oxygens (including phenoxy) is 2. The normalized spacial score (nSPS) is 21.0. The lowest BCUT2D eigenvalue weighted by molar-refractivity contribution is -0.220. The summed E-state index contributed by atoms with van der Waals surface area (Å²) in [5.41, 5.74) is 0. The number of aliphatic hydroxyl groups is 5. The summed E-state index contributed by atoms with van der Waals surface area (Å²) in [4.78, 5) is 23.3. The Labute approximate surface area is 422 Å². The molecule has 0 bridgehead atoms. The van der Waals surface area contributed by atoms with Crippen molar-refractivity contribution in [3.8, 4) is 0 Å². The first kappa shape index (κ1) is 66.1. The third-order valence-electron chi connectivity index (χ3n) is 13.9. The summed E-state index contributed by atoms with van der Waals surface area (Å²) in [6.45, 7) is 4.32. The van der Waals surface area contributed by atoms with E-state index in [0.717, 1.165) is 38.5 Å². The molecule has 1 saturated carbocycles. The van der Waals surface area contributed by atoms with E-state index in [1.54, 1.807) is 0 Å². The molecule has 0 aromatic carbocycles. The summed E-state index contributed by atoms with van der Waals surface area (Å²) in [6.07, 6.45) is 42.8. The van der Waals surface area contributed by atoms with E-state index in [-0.39, 0.29) is 13.0 Å². The van der Waals surface area contributed by atoms with Crippen LogP contribution in [-0.2, 0) is 27.9 Å². The van der Waals surface area contributed by atoms with Crippen molar-refractivity contribution in [3.63, 3.8) is 0 Å². The average Bonchev–Trinajstić information content (AvgIpc) is 3.34. The second-order valence-corrected chi connectivity index (χ2v) is 21.9. The zero-order valence-corrected chi connectivity index (χ0v) is 45.3. The number of allylic oxidation sites excluding steroid dienone is 2. The summed E-state index contributed by atoms with van der Waals surface area (Å²) in [5, 5.41) is 50.4. The molecule has 12 nitrogen and oxygen atoms in total. The Morgan fingerprint density at radius 2 is 0.768 bits per heavy atom. The maximum Gasteiger partial charge on any atom is 0.472 e. The Balaban J connectivity index is 2.26. The van der Waals surface area contributed by atoms with Gasteiger partial charge >= 0.3 is 13.8 Å². The molecule has 13 heteroatoms. The molecule has 6 unspecified atom stereocenters. The Morgan fingerprint density at radius 1 is 0.449 bits per heavy atom. The van der Waals surface area contributed by atoms with Crippen LogP contribution in [0.4, 0.5) is 0 Å². The van der Waals surface area contributed by atoms with E-state index in [2.05, 4.69) is 26.0 Å². The molecule has 0 radical (unpaired) electrons. The van der Waals surface area contributed by atoms with Crippen LogP contribution in [0, 0.1) is 0 Å². The second kappa shape index (κ2) is 46.8. The molecule has 1 fully saturated rings. The van der Waals surface area contributed by atoms with Gasteiger partial charge in [0.1, 0.15) is 42.7 Å². The molecule has 69 heavy (non-hydrogen) atoms. The molecule has 0 aromatic heterocycles. The van der Waals surface area contributed by atoms with Crippen molar-refractivity contribution >= 4 is 13.8 Å². The van der Waals surface area contributed by atoms with Gasteiger partial charge in [0.2, 0.25) is 0 Å². The largest absolute Gasteiger partial charge is 0.472 e. The van der Waals surface area contributed by atoms with E-state index in [1.807, 2.05) is 0 Å². The molecule has 0 aromatic rings. The molecule has 1 rings (SSSR count). The SMILES string of the molecule is CCCCCCCC/C=C\CCCCCCCCCCCC(=O)OC(COCCCCCCCCCCCCCCCCCCCCCCCCC)COP(=O)(O)OC1C(O)C(O)C(O)C(O)C1O. The lowest BCUT2D eigenvalue weighted by Crippen LogP contribution is -2.64. The summed E-state index contributed by atoms with van der Waals surface area (Å²) in [5.74, 6) is -0.472. The van der Waals surface area contributed by atoms with Gasteiger partial charge in [-0.3, -0.25) is 13.8 Å². The minimum Gasteiger partial charge on any atom is -0.457 e. The van der Waals surface area contributed by atoms with Crippen LogP contribution in [0.3, 0.4) is 0 Å². The van der Waals surface area contributed by atoms with Gasteiger partial charge in [0, 0.05) is 13.0 Å². The van der Waals surface area contributed by atoms with Crippen molar-refractivity contribution in [2.75, 3.05) is 19.8 Å². The topological polar surface area (TPSA) is 192 Å². The summed E-state index contributed by atoms with van der Waals surface area (Å²) in [6, 6.07) is 0. The number of hydrogen-bond donors (Lipinski definition) is 6. The number of hydrogen-bond acceptors (Lipinski definition) is 11. The van der Waals surface area contributed by atoms with Crippen LogP contribution in [0.15, 0.2) is 12.2 Å². The number of carbonyl (C=O) groups is 1. The van der Waals surface area contributed by atoms with Crippen LogP contribution >= 0.6 is 7.82 Å². The van der Waals surface area contributed by atoms with E-state index in [1.165, 1.54) is 212 Å². The number of esters is 1. The average molecular weight is 1010 g/mol. The molecule has 0 amide bonds. The zero-order valence-electron chi connectivity index (χ0n) is 44.4. The number of rotatable bonds is 51. The van der Waals surface area contributed by atoms with Crippen molar-refractivity contribution in [2.24, 2.45) is 0 Å². The highest BCUT2D eigenvalue weighted by molar-refractivity contribution is 7.47. The van der Waals surface area contributed by atoms with Crippen molar-refractivity contribution in [2.45, 2.75) is 320 Å². The first-order valence-electron chi connectivity index (χ1n) is 29.0. The van der Waals surface area contributed by atoms with Gasteiger partial charge in [-0.1, -0.05) is 244 Å². The Morgan fingerprint density at radius 3 is 1.14 bits per heavy atom. The molecular formula is C56H109O12P. The molecular weight excluding hydrogens is 896 g/mol. The fourth-order valence-corrected chi connectivity index (χ4v) is 10.3. The van der Waals surface area contributed by atoms with Crippen LogP contribution in [0.1, 0.15) is 277 Å². The lowest BCUT2D eigenvalue weighted by Gasteiger charge is -2.41. The van der Waals surface area contributed by atoms with Crippen molar-refractivity contribution in [1.29, 1.82) is 0 Å². The summed E-state index contributed by atoms with van der Waals surface area (Å²) in [7, 11) is -5.02. The summed E-state index contributed by atoms with van der Waals surface area (Å²) < 4.78 is 34.4. The molecule has 1 aliphatic rings. The zero-order chi connectivity index (χ0) is 50.5. The molecule has 0 saturated heterocycles. The Kier molecular flexibility index (Phi) is 44.9. The van der Waals surface area contributed by atoms with Gasteiger partial charge in [-0.05, 0) is 38.5 Å². The maximum atomic E-state index is 12.9. The van der Waals surface area contributed by atoms with E-state index < -0.39 is 63.1 Å². The first-order chi connectivity index (χ1) is 33.5. The quantitative estimate of drug-likeness (QED) is 0.0146. The third kappa shape index (κ3) is 38.3. The standard InChI is InChI=1S/C56H109O12P/c1-3-5-7-9-11-13-15-17-19-21-23-24-25-26-28-30-32-34-36-38-40-42-44-46-65-47-49(48-66-69(63,64)68-56-54(61)52(59)51(58)53(60)55(56)62)67-50(57)45-43-41-39-37-35-33-31-29-27-22-20-18-16-14-12-10-8-6-4-2/h18,20,49,51-56,58-62H,3-17,19,21-48H2,1-2H3,(H,63,64)/b20-18-. The second-order valence-electron chi connectivity index (χ2n) is 20.5. The highest BCUT2D eigenvalue weighted by Crippen LogP contribution is 2.47. The van der Waals surface area contributed by atoms with Crippen LogP contribution in [0.2, 0.25) is 0 Å². The van der Waals surface area contributed by atoms with Crippen LogP contribution in [0.5, 0.6) is 0 Å². The highest BCUT2D eigenvalue weighted by atomic mass is 31.2. The van der Waals surface area contributed by atoms with Gasteiger partial charge in [0.25, 0.3) is 0 Å². The monoisotopic (exact) mass is 1000 g/mol. The van der Waals surface area contributed by atoms with Crippen molar-refractivity contribution < 1.29 is 58.3 Å². The highest BCUT2D eigenvalue weighted by Gasteiger charge is 2.51. The molecule has 1 aliphatic carbocycles.